The van der Waals surface area contributed by atoms with Crippen molar-refractivity contribution in [2.45, 2.75) is 20.8 Å². The zero-order valence-electron chi connectivity index (χ0n) is 16.7. The van der Waals surface area contributed by atoms with Crippen LogP contribution in [0.3, 0.4) is 0 Å². The third kappa shape index (κ3) is 5.30. The SMILES string of the molecule is Cc1cc(C)c(NC(=S)NC(=O)C=Cc2ccc(-c3cccc(Cl)c3Cl)o2)c(C)c1. The van der Waals surface area contributed by atoms with E-state index >= 15 is 0 Å². The van der Waals surface area contributed by atoms with Gasteiger partial charge in [0, 0.05) is 17.3 Å². The zero-order chi connectivity index (χ0) is 21.8. The van der Waals surface area contributed by atoms with Gasteiger partial charge in [0.1, 0.15) is 11.5 Å². The molecule has 4 nitrogen and oxygen atoms in total. The van der Waals surface area contributed by atoms with Gasteiger partial charge in [-0.1, -0.05) is 47.0 Å². The molecule has 1 amide bonds. The lowest BCUT2D eigenvalue weighted by Crippen LogP contribution is -2.33. The predicted molar refractivity (Wildman–Crippen MR) is 128 cm³/mol. The first-order valence-electron chi connectivity index (χ1n) is 9.16. The summed E-state index contributed by atoms with van der Waals surface area (Å²) in [4.78, 5) is 12.2. The average molecular weight is 459 g/mol. The Morgan fingerprint density at radius 3 is 2.47 bits per heavy atom. The second-order valence-corrected chi connectivity index (χ2v) is 8.05. The van der Waals surface area contributed by atoms with Crippen molar-refractivity contribution in [3.8, 4) is 11.3 Å². The van der Waals surface area contributed by atoms with Gasteiger partial charge in [-0.15, -0.1) is 0 Å². The van der Waals surface area contributed by atoms with E-state index in [1.807, 2.05) is 26.8 Å². The molecule has 3 aromatic rings. The van der Waals surface area contributed by atoms with Gasteiger partial charge in [-0.05, 0) is 74.5 Å². The second kappa shape index (κ2) is 9.47. The Morgan fingerprint density at radius 1 is 1.07 bits per heavy atom. The van der Waals surface area contributed by atoms with Crippen molar-refractivity contribution in [3.05, 3.63) is 81.0 Å². The minimum absolute atomic E-state index is 0.227. The molecule has 0 bridgehead atoms. The van der Waals surface area contributed by atoms with Gasteiger partial charge in [0.2, 0.25) is 5.91 Å². The van der Waals surface area contributed by atoms with Gasteiger partial charge < -0.3 is 9.73 Å². The summed E-state index contributed by atoms with van der Waals surface area (Å²) in [5, 5.41) is 6.81. The van der Waals surface area contributed by atoms with Crippen LogP contribution in [0, 0.1) is 20.8 Å². The van der Waals surface area contributed by atoms with E-state index in [0.29, 0.717) is 27.1 Å². The summed E-state index contributed by atoms with van der Waals surface area (Å²) in [7, 11) is 0. The van der Waals surface area contributed by atoms with Gasteiger partial charge >= 0.3 is 0 Å². The molecule has 154 valence electrons. The minimum Gasteiger partial charge on any atom is -0.457 e. The van der Waals surface area contributed by atoms with Crippen LogP contribution < -0.4 is 10.6 Å². The summed E-state index contributed by atoms with van der Waals surface area (Å²) in [6, 6.07) is 12.9. The van der Waals surface area contributed by atoms with E-state index in [9.17, 15) is 4.79 Å². The molecule has 0 saturated carbocycles. The van der Waals surface area contributed by atoms with Crippen LogP contribution in [-0.2, 0) is 4.79 Å². The Morgan fingerprint density at radius 2 is 1.77 bits per heavy atom. The molecule has 0 aliphatic carbocycles. The number of carbonyl (C=O) groups is 1. The number of rotatable bonds is 4. The molecular weight excluding hydrogens is 439 g/mol. The lowest BCUT2D eigenvalue weighted by Gasteiger charge is -2.14. The highest BCUT2D eigenvalue weighted by Crippen LogP contribution is 2.34. The minimum atomic E-state index is -0.367. The molecule has 0 spiro atoms. The average Bonchev–Trinajstić information content (AvgIpc) is 3.14. The van der Waals surface area contributed by atoms with Gasteiger partial charge in [-0.2, -0.15) is 0 Å². The van der Waals surface area contributed by atoms with Crippen LogP contribution in [0.5, 0.6) is 0 Å². The molecule has 0 unspecified atom stereocenters. The smallest absolute Gasteiger partial charge is 0.250 e. The Hall–Kier alpha value is -2.60. The lowest BCUT2D eigenvalue weighted by atomic mass is 10.1. The van der Waals surface area contributed by atoms with E-state index in [-0.39, 0.29) is 11.0 Å². The highest BCUT2D eigenvalue weighted by molar-refractivity contribution is 7.80. The fourth-order valence-corrected chi connectivity index (χ4v) is 3.71. The maximum atomic E-state index is 12.2. The van der Waals surface area contributed by atoms with Crippen LogP contribution in [0.4, 0.5) is 5.69 Å². The van der Waals surface area contributed by atoms with E-state index in [1.165, 1.54) is 11.6 Å². The highest BCUT2D eigenvalue weighted by Gasteiger charge is 2.11. The highest BCUT2D eigenvalue weighted by atomic mass is 35.5. The lowest BCUT2D eigenvalue weighted by molar-refractivity contribution is -0.115. The van der Waals surface area contributed by atoms with Crippen molar-refractivity contribution in [2.24, 2.45) is 0 Å². The maximum Gasteiger partial charge on any atom is 0.250 e. The predicted octanol–water partition coefficient (Wildman–Crippen LogP) is 6.71. The molecule has 7 heteroatoms. The first-order chi connectivity index (χ1) is 14.2. The standard InChI is InChI=1S/C23H20Cl2N2O2S/c1-13-11-14(2)22(15(3)12-13)27-23(30)26-20(28)10-8-16-7-9-19(29-16)17-5-4-6-18(24)21(17)25/h4-12H,1-3H3,(H2,26,27,28,30). The number of hydrogen-bond donors (Lipinski definition) is 2. The number of benzene rings is 2. The zero-order valence-corrected chi connectivity index (χ0v) is 19.0. The van der Waals surface area contributed by atoms with Gasteiger partial charge in [0.15, 0.2) is 5.11 Å². The van der Waals surface area contributed by atoms with Crippen LogP contribution in [0.15, 0.2) is 53.0 Å². The number of anilines is 1. The van der Waals surface area contributed by atoms with E-state index < -0.39 is 0 Å². The van der Waals surface area contributed by atoms with Crippen molar-refractivity contribution in [3.63, 3.8) is 0 Å². The first-order valence-corrected chi connectivity index (χ1v) is 10.3. The quantitative estimate of drug-likeness (QED) is 0.337. The normalized spacial score (nSPS) is 11.0. The van der Waals surface area contributed by atoms with Crippen molar-refractivity contribution >= 4 is 58.2 Å². The summed E-state index contributed by atoms with van der Waals surface area (Å²) in [6.07, 6.45) is 2.91. The summed E-state index contributed by atoms with van der Waals surface area (Å²) < 4.78 is 5.74. The number of furan rings is 1. The molecule has 0 saturated heterocycles. The van der Waals surface area contributed by atoms with E-state index in [1.54, 1.807) is 30.3 Å². The van der Waals surface area contributed by atoms with Crippen molar-refractivity contribution in [2.75, 3.05) is 5.32 Å². The van der Waals surface area contributed by atoms with E-state index in [2.05, 4.69) is 22.8 Å². The molecule has 0 aliphatic heterocycles. The molecule has 0 fully saturated rings. The number of carbonyl (C=O) groups excluding carboxylic acids is 1. The van der Waals surface area contributed by atoms with Gasteiger partial charge in [0.05, 0.1) is 10.0 Å². The number of aryl methyl sites for hydroxylation is 3. The summed E-state index contributed by atoms with van der Waals surface area (Å²) in [5.74, 6) is 0.694. The van der Waals surface area contributed by atoms with Crippen LogP contribution in [0.2, 0.25) is 10.0 Å². The molecule has 0 atom stereocenters. The second-order valence-electron chi connectivity index (χ2n) is 6.85. The Balaban J connectivity index is 1.63. The molecule has 0 aliphatic rings. The summed E-state index contributed by atoms with van der Waals surface area (Å²) in [6.45, 7) is 6.02. The summed E-state index contributed by atoms with van der Waals surface area (Å²) >= 11 is 17.5. The fraction of sp³-hybridized carbons (Fsp3) is 0.130. The number of nitrogens with one attached hydrogen (secondary N) is 2. The Kier molecular flexibility index (Phi) is 6.98. The van der Waals surface area contributed by atoms with E-state index in [0.717, 1.165) is 16.8 Å². The number of thiocarbonyl (C=S) groups is 1. The molecule has 2 aromatic carbocycles. The van der Waals surface area contributed by atoms with Crippen LogP contribution in [0.25, 0.3) is 17.4 Å². The summed E-state index contributed by atoms with van der Waals surface area (Å²) in [5.41, 5.74) is 4.86. The number of amides is 1. The van der Waals surface area contributed by atoms with Crippen molar-refractivity contribution in [1.82, 2.24) is 5.32 Å². The monoisotopic (exact) mass is 458 g/mol. The molecule has 2 N–H and O–H groups in total. The third-order valence-corrected chi connectivity index (χ3v) is 5.42. The number of hydrogen-bond acceptors (Lipinski definition) is 3. The molecule has 1 heterocycles. The first kappa shape index (κ1) is 22.1. The molecule has 30 heavy (non-hydrogen) atoms. The fourth-order valence-electron chi connectivity index (χ4n) is 3.11. The number of halogens is 2. The van der Waals surface area contributed by atoms with Crippen molar-refractivity contribution < 1.29 is 9.21 Å². The van der Waals surface area contributed by atoms with Crippen LogP contribution in [0.1, 0.15) is 22.5 Å². The van der Waals surface area contributed by atoms with Crippen LogP contribution in [-0.4, -0.2) is 11.0 Å². The van der Waals surface area contributed by atoms with Gasteiger partial charge in [-0.3, -0.25) is 10.1 Å². The van der Waals surface area contributed by atoms with Gasteiger partial charge in [-0.25, -0.2) is 0 Å². The maximum absolute atomic E-state index is 12.2. The Bertz CT molecular complexity index is 1130. The Labute approximate surface area is 190 Å². The molecule has 1 aromatic heterocycles. The molecular formula is C23H20Cl2N2O2S. The molecule has 3 rings (SSSR count). The topological polar surface area (TPSA) is 54.3 Å². The third-order valence-electron chi connectivity index (χ3n) is 4.40. The van der Waals surface area contributed by atoms with Crippen molar-refractivity contribution in [1.29, 1.82) is 0 Å². The molecule has 0 radical (unpaired) electrons. The largest absolute Gasteiger partial charge is 0.457 e. The van der Waals surface area contributed by atoms with Gasteiger partial charge in [0.25, 0.3) is 0 Å². The van der Waals surface area contributed by atoms with E-state index in [4.69, 9.17) is 39.8 Å². The van der Waals surface area contributed by atoms with Crippen LogP contribution >= 0.6 is 35.4 Å².